The molecule has 0 radical (unpaired) electrons. The van der Waals surface area contributed by atoms with E-state index in [0.717, 1.165) is 6.42 Å². The fourth-order valence-corrected chi connectivity index (χ4v) is 2.16. The average Bonchev–Trinajstić information content (AvgIpc) is 2.00. The summed E-state index contributed by atoms with van der Waals surface area (Å²) in [6.07, 6.45) is 7.46. The second-order valence-electron chi connectivity index (χ2n) is 4.38. The molecule has 0 saturated carbocycles. The highest BCUT2D eigenvalue weighted by Gasteiger charge is 2.15. The van der Waals surface area contributed by atoms with E-state index in [1.54, 1.807) is 0 Å². The number of nitrogens with one attached hydrogen (secondary N) is 1. The molecule has 1 saturated heterocycles. The second kappa shape index (κ2) is 6.02. The molecule has 1 aliphatic heterocycles. The summed E-state index contributed by atoms with van der Waals surface area (Å²) >= 11 is 0. The first-order chi connectivity index (χ1) is 6.70. The van der Waals surface area contributed by atoms with Gasteiger partial charge in [0.1, 0.15) is 0 Å². The summed E-state index contributed by atoms with van der Waals surface area (Å²) in [5, 5.41) is 7.29. The van der Waals surface area contributed by atoms with Crippen molar-refractivity contribution in [1.82, 2.24) is 4.90 Å². The van der Waals surface area contributed by atoms with Gasteiger partial charge in [-0.25, -0.2) is 0 Å². The fourth-order valence-electron chi connectivity index (χ4n) is 2.16. The van der Waals surface area contributed by atoms with Gasteiger partial charge in [0.05, 0.1) is 5.84 Å². The first kappa shape index (κ1) is 11.5. The van der Waals surface area contributed by atoms with Crippen LogP contribution < -0.4 is 5.73 Å². The maximum Gasteiger partial charge on any atom is 0.0920 e. The molecule has 1 unspecified atom stereocenters. The summed E-state index contributed by atoms with van der Waals surface area (Å²) in [5.74, 6) is 0.319. The van der Waals surface area contributed by atoms with Crippen LogP contribution in [0.15, 0.2) is 0 Å². The SMILES string of the molecule is CC(CC(=N)N)N1CCCCCCC1. The lowest BCUT2D eigenvalue weighted by atomic mass is 10.1. The lowest BCUT2D eigenvalue weighted by molar-refractivity contribution is 0.194. The molecule has 0 aliphatic carbocycles. The average molecular weight is 197 g/mol. The van der Waals surface area contributed by atoms with E-state index >= 15 is 0 Å². The molecule has 1 rings (SSSR count). The molecule has 1 atom stereocenters. The van der Waals surface area contributed by atoms with Gasteiger partial charge < -0.3 is 10.6 Å². The van der Waals surface area contributed by atoms with Crippen molar-refractivity contribution in [3.63, 3.8) is 0 Å². The standard InChI is InChI=1S/C11H23N3/c1-10(9-11(12)13)14-7-5-3-2-4-6-8-14/h10H,2-9H2,1H3,(H3,12,13). The van der Waals surface area contributed by atoms with Crippen LogP contribution >= 0.6 is 0 Å². The van der Waals surface area contributed by atoms with E-state index in [2.05, 4.69) is 11.8 Å². The third kappa shape index (κ3) is 4.09. The molecule has 3 heteroatoms. The van der Waals surface area contributed by atoms with Gasteiger partial charge in [0.2, 0.25) is 0 Å². The van der Waals surface area contributed by atoms with Crippen molar-refractivity contribution in [2.24, 2.45) is 5.73 Å². The van der Waals surface area contributed by atoms with Gasteiger partial charge in [-0.3, -0.25) is 5.41 Å². The van der Waals surface area contributed by atoms with Crippen molar-refractivity contribution in [3.8, 4) is 0 Å². The van der Waals surface area contributed by atoms with Gasteiger partial charge in [-0.15, -0.1) is 0 Å². The predicted octanol–water partition coefficient (Wildman–Crippen LogP) is 1.97. The van der Waals surface area contributed by atoms with Crippen LogP contribution in [0.3, 0.4) is 0 Å². The maximum atomic E-state index is 7.29. The van der Waals surface area contributed by atoms with Gasteiger partial charge in [-0.2, -0.15) is 0 Å². The van der Waals surface area contributed by atoms with Crippen LogP contribution in [0.1, 0.15) is 45.4 Å². The number of likely N-dealkylation sites (tertiary alicyclic amines) is 1. The lowest BCUT2D eigenvalue weighted by Gasteiger charge is -2.30. The summed E-state index contributed by atoms with van der Waals surface area (Å²) < 4.78 is 0. The minimum atomic E-state index is 0.319. The number of nitrogens with two attached hydrogens (primary N) is 1. The normalized spacial score (nSPS) is 22.4. The molecule has 82 valence electrons. The zero-order valence-corrected chi connectivity index (χ0v) is 9.26. The Labute approximate surface area is 87.2 Å². The summed E-state index contributed by atoms with van der Waals surface area (Å²) in [6, 6.07) is 0.450. The lowest BCUT2D eigenvalue weighted by Crippen LogP contribution is -2.38. The number of amidine groups is 1. The topological polar surface area (TPSA) is 53.1 Å². The van der Waals surface area contributed by atoms with Crippen LogP contribution in [0.2, 0.25) is 0 Å². The minimum Gasteiger partial charge on any atom is -0.388 e. The van der Waals surface area contributed by atoms with Gasteiger partial charge in [-0.05, 0) is 32.9 Å². The van der Waals surface area contributed by atoms with Crippen LogP contribution in [0.4, 0.5) is 0 Å². The number of nitrogens with zero attached hydrogens (tertiary/aromatic N) is 1. The van der Waals surface area contributed by atoms with E-state index < -0.39 is 0 Å². The van der Waals surface area contributed by atoms with E-state index in [1.165, 1.54) is 45.2 Å². The van der Waals surface area contributed by atoms with Gasteiger partial charge >= 0.3 is 0 Å². The van der Waals surface area contributed by atoms with E-state index in [-0.39, 0.29) is 0 Å². The van der Waals surface area contributed by atoms with Gasteiger partial charge in [0.25, 0.3) is 0 Å². The fraction of sp³-hybridized carbons (Fsp3) is 0.909. The van der Waals surface area contributed by atoms with Crippen LogP contribution in [0.25, 0.3) is 0 Å². The quantitative estimate of drug-likeness (QED) is 0.537. The molecule has 3 N–H and O–H groups in total. The summed E-state index contributed by atoms with van der Waals surface area (Å²) in [4.78, 5) is 2.49. The molecule has 0 amide bonds. The first-order valence-corrected chi connectivity index (χ1v) is 5.77. The van der Waals surface area contributed by atoms with E-state index in [1.807, 2.05) is 0 Å². The molecular formula is C11H23N3. The molecule has 0 aromatic heterocycles. The largest absolute Gasteiger partial charge is 0.388 e. The van der Waals surface area contributed by atoms with Gasteiger partial charge in [-0.1, -0.05) is 19.3 Å². The van der Waals surface area contributed by atoms with E-state index in [9.17, 15) is 0 Å². The number of hydrogen-bond donors (Lipinski definition) is 2. The monoisotopic (exact) mass is 197 g/mol. The van der Waals surface area contributed by atoms with Crippen molar-refractivity contribution in [2.75, 3.05) is 13.1 Å². The molecule has 1 aliphatic rings. The van der Waals surface area contributed by atoms with Crippen LogP contribution in [-0.4, -0.2) is 29.9 Å². The molecule has 1 fully saturated rings. The summed E-state index contributed by atoms with van der Waals surface area (Å²) in [7, 11) is 0. The first-order valence-electron chi connectivity index (χ1n) is 5.77. The minimum absolute atomic E-state index is 0.319. The Bertz CT molecular complexity index is 171. The van der Waals surface area contributed by atoms with Crippen LogP contribution in [0, 0.1) is 5.41 Å². The number of rotatable bonds is 3. The zero-order valence-electron chi connectivity index (χ0n) is 9.26. The Kier molecular flexibility index (Phi) is 4.94. The Morgan fingerprint density at radius 2 is 1.71 bits per heavy atom. The molecule has 1 heterocycles. The summed E-state index contributed by atoms with van der Waals surface area (Å²) in [6.45, 7) is 4.56. The second-order valence-corrected chi connectivity index (χ2v) is 4.38. The van der Waals surface area contributed by atoms with E-state index in [4.69, 9.17) is 11.1 Å². The third-order valence-electron chi connectivity index (χ3n) is 3.03. The smallest absolute Gasteiger partial charge is 0.0920 e. The summed E-state index contributed by atoms with van der Waals surface area (Å²) in [5.41, 5.74) is 5.43. The molecule has 0 bridgehead atoms. The highest BCUT2D eigenvalue weighted by Crippen LogP contribution is 2.13. The highest BCUT2D eigenvalue weighted by atomic mass is 15.1. The van der Waals surface area contributed by atoms with Crippen LogP contribution in [-0.2, 0) is 0 Å². The molecule has 0 aromatic carbocycles. The maximum absolute atomic E-state index is 7.29. The van der Waals surface area contributed by atoms with Crippen molar-refractivity contribution in [2.45, 2.75) is 51.5 Å². The number of hydrogen-bond acceptors (Lipinski definition) is 2. The molecule has 0 aromatic rings. The van der Waals surface area contributed by atoms with Crippen molar-refractivity contribution >= 4 is 5.84 Å². The van der Waals surface area contributed by atoms with Gasteiger partial charge in [0.15, 0.2) is 0 Å². The zero-order chi connectivity index (χ0) is 10.4. The van der Waals surface area contributed by atoms with Crippen molar-refractivity contribution in [1.29, 1.82) is 5.41 Å². The Balaban J connectivity index is 2.34. The molecule has 0 spiro atoms. The van der Waals surface area contributed by atoms with E-state index in [0.29, 0.717) is 11.9 Å². The Morgan fingerprint density at radius 3 is 2.21 bits per heavy atom. The molecular weight excluding hydrogens is 174 g/mol. The highest BCUT2D eigenvalue weighted by molar-refractivity contribution is 5.77. The van der Waals surface area contributed by atoms with Crippen LogP contribution in [0.5, 0.6) is 0 Å². The molecule has 3 nitrogen and oxygen atoms in total. The van der Waals surface area contributed by atoms with Crippen molar-refractivity contribution in [3.05, 3.63) is 0 Å². The Hall–Kier alpha value is -0.570. The molecule has 14 heavy (non-hydrogen) atoms. The van der Waals surface area contributed by atoms with Crippen molar-refractivity contribution < 1.29 is 0 Å². The Morgan fingerprint density at radius 1 is 1.21 bits per heavy atom. The van der Waals surface area contributed by atoms with Gasteiger partial charge in [0, 0.05) is 12.5 Å². The predicted molar refractivity (Wildman–Crippen MR) is 60.7 cm³/mol. The third-order valence-corrected chi connectivity index (χ3v) is 3.03.